The number of carbonyl (C=O) groups is 1. The van der Waals surface area contributed by atoms with E-state index in [4.69, 9.17) is 4.74 Å². The van der Waals surface area contributed by atoms with Gasteiger partial charge in [-0.15, -0.1) is 0 Å². The van der Waals surface area contributed by atoms with E-state index in [2.05, 4.69) is 15.4 Å². The minimum atomic E-state index is -0.446. The van der Waals surface area contributed by atoms with Gasteiger partial charge >= 0.3 is 0 Å². The smallest absolute Gasteiger partial charge is 0.249 e. The second-order valence-electron chi connectivity index (χ2n) is 5.81. The normalized spacial score (nSPS) is 11.8. The number of pyridine rings is 1. The second-order valence-corrected chi connectivity index (χ2v) is 5.81. The number of anilines is 1. The first-order valence-electron chi connectivity index (χ1n) is 8.06. The summed E-state index contributed by atoms with van der Waals surface area (Å²) in [5.41, 5.74) is 2.34. The van der Waals surface area contributed by atoms with E-state index in [1.165, 1.54) is 0 Å². The Morgan fingerprint density at radius 1 is 1.16 bits per heavy atom. The lowest BCUT2D eigenvalue weighted by atomic mass is 10.3. The van der Waals surface area contributed by atoms with Crippen molar-refractivity contribution in [3.8, 4) is 11.6 Å². The van der Waals surface area contributed by atoms with Crippen molar-refractivity contribution in [2.45, 2.75) is 26.8 Å². The summed E-state index contributed by atoms with van der Waals surface area (Å²) in [4.78, 5) is 16.8. The summed E-state index contributed by atoms with van der Waals surface area (Å²) in [6, 6.07) is 14.3. The van der Waals surface area contributed by atoms with E-state index in [0.29, 0.717) is 17.3 Å². The largest absolute Gasteiger partial charge is 0.437 e. The lowest BCUT2D eigenvalue weighted by molar-refractivity contribution is -0.119. The van der Waals surface area contributed by atoms with Crippen LogP contribution in [0.5, 0.6) is 11.6 Å². The van der Waals surface area contributed by atoms with Crippen LogP contribution in [0.2, 0.25) is 0 Å². The van der Waals surface area contributed by atoms with Crippen LogP contribution in [0.1, 0.15) is 24.4 Å². The molecule has 0 aliphatic heterocycles. The molecule has 1 aromatic carbocycles. The van der Waals surface area contributed by atoms with E-state index in [-0.39, 0.29) is 5.91 Å². The standard InChI is InChI=1S/C19H20N4O2/c1-13-12-14(2)23(22-13)15(3)18(24)21-17-10-7-11-20-19(17)25-16-8-5-4-6-9-16/h4-12,15H,1-3H3,(H,21,24)/t15-/m1/s1. The summed E-state index contributed by atoms with van der Waals surface area (Å²) in [5, 5.41) is 7.25. The summed E-state index contributed by atoms with van der Waals surface area (Å²) >= 11 is 0. The van der Waals surface area contributed by atoms with E-state index in [0.717, 1.165) is 11.4 Å². The van der Waals surface area contributed by atoms with Crippen LogP contribution in [0.15, 0.2) is 54.7 Å². The molecular weight excluding hydrogens is 316 g/mol. The van der Waals surface area contributed by atoms with Gasteiger partial charge < -0.3 is 10.1 Å². The minimum absolute atomic E-state index is 0.183. The van der Waals surface area contributed by atoms with Gasteiger partial charge in [-0.25, -0.2) is 4.98 Å². The van der Waals surface area contributed by atoms with Crippen molar-refractivity contribution >= 4 is 11.6 Å². The lowest BCUT2D eigenvalue weighted by Crippen LogP contribution is -2.25. The molecule has 0 bridgehead atoms. The number of nitrogens with zero attached hydrogens (tertiary/aromatic N) is 3. The third-order valence-corrected chi connectivity index (χ3v) is 3.78. The summed E-state index contributed by atoms with van der Waals surface area (Å²) in [5.74, 6) is 0.822. The van der Waals surface area contributed by atoms with E-state index in [1.807, 2.05) is 57.2 Å². The molecule has 2 aromatic heterocycles. The van der Waals surface area contributed by atoms with Crippen LogP contribution in [-0.4, -0.2) is 20.7 Å². The number of aryl methyl sites for hydroxylation is 2. The molecule has 0 aliphatic rings. The molecule has 3 aromatic rings. The fourth-order valence-corrected chi connectivity index (χ4v) is 2.55. The molecule has 25 heavy (non-hydrogen) atoms. The molecule has 0 saturated heterocycles. The third-order valence-electron chi connectivity index (χ3n) is 3.78. The van der Waals surface area contributed by atoms with Gasteiger partial charge in [-0.3, -0.25) is 9.48 Å². The van der Waals surface area contributed by atoms with Crippen molar-refractivity contribution in [1.82, 2.24) is 14.8 Å². The average molecular weight is 336 g/mol. The SMILES string of the molecule is Cc1cc(C)n([C@H](C)C(=O)Nc2cccnc2Oc2ccccc2)n1. The zero-order valence-corrected chi connectivity index (χ0v) is 14.4. The van der Waals surface area contributed by atoms with Gasteiger partial charge in [-0.1, -0.05) is 18.2 Å². The van der Waals surface area contributed by atoms with Crippen molar-refractivity contribution in [2.75, 3.05) is 5.32 Å². The maximum absolute atomic E-state index is 12.6. The molecule has 6 nitrogen and oxygen atoms in total. The molecule has 1 amide bonds. The first-order chi connectivity index (χ1) is 12.0. The fraction of sp³-hybridized carbons (Fsp3) is 0.211. The monoisotopic (exact) mass is 336 g/mol. The molecule has 6 heteroatoms. The minimum Gasteiger partial charge on any atom is -0.437 e. The predicted octanol–water partition coefficient (Wildman–Crippen LogP) is 3.89. The summed E-state index contributed by atoms with van der Waals surface area (Å²) in [6.07, 6.45) is 1.62. The van der Waals surface area contributed by atoms with Gasteiger partial charge in [0.15, 0.2) is 0 Å². The molecule has 0 saturated carbocycles. The molecule has 2 heterocycles. The average Bonchev–Trinajstić information content (AvgIpc) is 2.95. The summed E-state index contributed by atoms with van der Waals surface area (Å²) in [6.45, 7) is 5.64. The molecule has 0 spiro atoms. The zero-order chi connectivity index (χ0) is 17.8. The lowest BCUT2D eigenvalue weighted by Gasteiger charge is -2.16. The maximum atomic E-state index is 12.6. The van der Waals surface area contributed by atoms with E-state index >= 15 is 0 Å². The van der Waals surface area contributed by atoms with Crippen LogP contribution >= 0.6 is 0 Å². The van der Waals surface area contributed by atoms with Gasteiger partial charge in [-0.2, -0.15) is 5.10 Å². The number of hydrogen-bond acceptors (Lipinski definition) is 4. The molecule has 1 N–H and O–H groups in total. The number of nitrogens with one attached hydrogen (secondary N) is 1. The Hall–Kier alpha value is -3.15. The Bertz CT molecular complexity index is 874. The number of ether oxygens (including phenoxy) is 1. The quantitative estimate of drug-likeness (QED) is 0.767. The molecule has 128 valence electrons. The number of aromatic nitrogens is 3. The zero-order valence-electron chi connectivity index (χ0n) is 14.4. The molecule has 0 unspecified atom stereocenters. The molecule has 0 radical (unpaired) electrons. The molecule has 3 rings (SSSR count). The van der Waals surface area contributed by atoms with Gasteiger partial charge in [0.1, 0.15) is 17.5 Å². The Morgan fingerprint density at radius 2 is 1.92 bits per heavy atom. The van der Waals surface area contributed by atoms with Gasteiger partial charge in [0.05, 0.1) is 5.69 Å². The highest BCUT2D eigenvalue weighted by Crippen LogP contribution is 2.27. The highest BCUT2D eigenvalue weighted by atomic mass is 16.5. The number of hydrogen-bond donors (Lipinski definition) is 1. The van der Waals surface area contributed by atoms with Gasteiger partial charge in [0, 0.05) is 11.9 Å². The topological polar surface area (TPSA) is 69.0 Å². The fourth-order valence-electron chi connectivity index (χ4n) is 2.55. The van der Waals surface area contributed by atoms with Crippen LogP contribution in [0.25, 0.3) is 0 Å². The predicted molar refractivity (Wildman–Crippen MR) is 95.8 cm³/mol. The first kappa shape index (κ1) is 16.7. The van der Waals surface area contributed by atoms with Crippen LogP contribution in [-0.2, 0) is 4.79 Å². The number of benzene rings is 1. The van der Waals surface area contributed by atoms with Crippen molar-refractivity contribution in [3.63, 3.8) is 0 Å². The van der Waals surface area contributed by atoms with E-state index < -0.39 is 6.04 Å². The summed E-state index contributed by atoms with van der Waals surface area (Å²) < 4.78 is 7.48. The summed E-state index contributed by atoms with van der Waals surface area (Å²) in [7, 11) is 0. The molecule has 1 atom stereocenters. The maximum Gasteiger partial charge on any atom is 0.249 e. The third kappa shape index (κ3) is 3.85. The van der Waals surface area contributed by atoms with Crippen molar-refractivity contribution in [2.24, 2.45) is 0 Å². The Kier molecular flexibility index (Phi) is 4.79. The Morgan fingerprint density at radius 3 is 2.60 bits per heavy atom. The molecule has 0 fully saturated rings. The van der Waals surface area contributed by atoms with Crippen molar-refractivity contribution < 1.29 is 9.53 Å². The van der Waals surface area contributed by atoms with Gasteiger partial charge in [0.25, 0.3) is 0 Å². The second kappa shape index (κ2) is 7.17. The van der Waals surface area contributed by atoms with Crippen molar-refractivity contribution in [1.29, 1.82) is 0 Å². The first-order valence-corrected chi connectivity index (χ1v) is 8.06. The van der Waals surface area contributed by atoms with Crippen LogP contribution < -0.4 is 10.1 Å². The Labute approximate surface area is 146 Å². The molecule has 0 aliphatic carbocycles. The number of amides is 1. The Balaban J connectivity index is 1.78. The van der Waals surface area contributed by atoms with Crippen molar-refractivity contribution in [3.05, 3.63) is 66.1 Å². The van der Waals surface area contributed by atoms with Gasteiger partial charge in [0.2, 0.25) is 11.8 Å². The number of para-hydroxylation sites is 1. The van der Waals surface area contributed by atoms with Gasteiger partial charge in [-0.05, 0) is 51.1 Å². The number of rotatable bonds is 5. The van der Waals surface area contributed by atoms with Crippen LogP contribution in [0, 0.1) is 13.8 Å². The highest BCUT2D eigenvalue weighted by molar-refractivity contribution is 5.94. The number of carbonyl (C=O) groups excluding carboxylic acids is 1. The van der Waals surface area contributed by atoms with E-state index in [9.17, 15) is 4.79 Å². The van der Waals surface area contributed by atoms with E-state index in [1.54, 1.807) is 23.0 Å². The van der Waals surface area contributed by atoms with Crippen LogP contribution in [0.3, 0.4) is 0 Å². The van der Waals surface area contributed by atoms with Crippen LogP contribution in [0.4, 0.5) is 5.69 Å². The highest BCUT2D eigenvalue weighted by Gasteiger charge is 2.19. The molecular formula is C19H20N4O2.